The van der Waals surface area contributed by atoms with E-state index in [4.69, 9.17) is 0 Å². The van der Waals surface area contributed by atoms with E-state index < -0.39 is 72.6 Å². The number of benzene rings is 4. The van der Waals surface area contributed by atoms with E-state index in [9.17, 15) is 48.9 Å². The molecule has 0 fully saturated rings. The van der Waals surface area contributed by atoms with Crippen molar-refractivity contribution in [1.82, 2.24) is 4.72 Å². The first-order valence-electron chi connectivity index (χ1n) is 26.1. The molecular formula is C58H63F6N7O5S2. The van der Waals surface area contributed by atoms with Crippen molar-refractivity contribution in [3.63, 3.8) is 0 Å². The summed E-state index contributed by atoms with van der Waals surface area (Å²) < 4.78 is 123. The van der Waals surface area contributed by atoms with Crippen molar-refractivity contribution in [1.29, 1.82) is 0 Å². The number of nitrogens with zero attached hydrogens (tertiary/aromatic N) is 6. The molecule has 0 spiro atoms. The zero-order valence-electron chi connectivity index (χ0n) is 44.3. The van der Waals surface area contributed by atoms with Crippen molar-refractivity contribution in [2.24, 2.45) is 16.1 Å². The molecule has 78 heavy (non-hydrogen) atoms. The zero-order valence-corrected chi connectivity index (χ0v) is 45.9. The molecule has 2 amide bonds. The van der Waals surface area contributed by atoms with Crippen molar-refractivity contribution in [2.75, 3.05) is 39.5 Å². The number of carbonyl (C=O) groups is 2. The van der Waals surface area contributed by atoms with Crippen LogP contribution in [0.3, 0.4) is 0 Å². The van der Waals surface area contributed by atoms with Gasteiger partial charge in [-0.3, -0.25) is 18.9 Å². The number of hydrogen-bond donors (Lipinski definition) is 2. The van der Waals surface area contributed by atoms with Gasteiger partial charge in [-0.1, -0.05) is 110 Å². The highest BCUT2D eigenvalue weighted by Gasteiger charge is 2.49. The number of halogens is 6. The smallest absolute Gasteiger partial charge is 0.344 e. The molecule has 0 aliphatic carbocycles. The second kappa shape index (κ2) is 23.1. The molecule has 0 bridgehead atoms. The Morgan fingerprint density at radius 2 is 1.06 bits per heavy atom. The maximum Gasteiger partial charge on any atom is 0.435 e. The SMILES string of the molecule is CCCCC(CC)CNSc1ccc(N2N=C(C(F)(F)F)/C(=C/C=C3/N(CCCCCCN4/C(=C/C=C5\C(=O)N(c6ccc(S(=O)(=O)O)cc6)N=C5C(F)(F)F)C(C)(C)c5ccccc54)c4ccccc4C3(C)C)C2=O)cc1. The monoisotopic (exact) mass is 1120 g/mol. The number of fused-ring (bicyclic) bond motifs is 2. The first-order valence-corrected chi connectivity index (χ1v) is 28.3. The summed E-state index contributed by atoms with van der Waals surface area (Å²) in [6.45, 7) is 14.1. The Bertz CT molecular complexity index is 3220. The summed E-state index contributed by atoms with van der Waals surface area (Å²) >= 11 is 1.44. The lowest BCUT2D eigenvalue weighted by atomic mass is 9.83. The summed E-state index contributed by atoms with van der Waals surface area (Å²) in [7, 11) is -4.60. The van der Waals surface area contributed by atoms with Gasteiger partial charge in [-0.05, 0) is 133 Å². The third-order valence-corrected chi connectivity index (χ3v) is 16.5. The lowest BCUT2D eigenvalue weighted by Crippen LogP contribution is -2.28. The molecule has 0 saturated heterocycles. The summed E-state index contributed by atoms with van der Waals surface area (Å²) in [6, 6.07) is 26.2. The summed E-state index contributed by atoms with van der Waals surface area (Å²) in [5, 5.41) is 8.79. The maximum atomic E-state index is 14.7. The van der Waals surface area contributed by atoms with Gasteiger partial charge in [0.1, 0.15) is 0 Å². The van der Waals surface area contributed by atoms with Gasteiger partial charge in [0.15, 0.2) is 11.4 Å². The topological polar surface area (TPSA) is 138 Å². The first kappa shape index (κ1) is 57.7. The van der Waals surface area contributed by atoms with Gasteiger partial charge in [0, 0.05) is 58.1 Å². The van der Waals surface area contributed by atoms with Crippen molar-refractivity contribution >= 4 is 68.1 Å². The second-order valence-corrected chi connectivity index (χ2v) is 23.1. The molecule has 0 aromatic heterocycles. The molecule has 4 heterocycles. The summed E-state index contributed by atoms with van der Waals surface area (Å²) in [5.41, 5.74) is -0.132. The molecule has 2 N–H and O–H groups in total. The van der Waals surface area contributed by atoms with Gasteiger partial charge in [0.25, 0.3) is 21.9 Å². The Labute approximate surface area is 456 Å². The third kappa shape index (κ3) is 12.1. The molecule has 1 unspecified atom stereocenters. The fourth-order valence-electron chi connectivity index (χ4n) is 10.5. The van der Waals surface area contributed by atoms with Crippen molar-refractivity contribution in [3.05, 3.63) is 155 Å². The van der Waals surface area contributed by atoms with Gasteiger partial charge >= 0.3 is 12.4 Å². The number of nitrogens with one attached hydrogen (secondary N) is 1. The number of para-hydroxylation sites is 2. The maximum absolute atomic E-state index is 14.7. The Morgan fingerprint density at radius 1 is 0.628 bits per heavy atom. The van der Waals surface area contributed by atoms with Crippen LogP contribution in [-0.2, 0) is 30.5 Å². The Hall–Kier alpha value is -6.48. The van der Waals surface area contributed by atoms with Gasteiger partial charge in [-0.2, -0.15) is 55.0 Å². The van der Waals surface area contributed by atoms with Crippen LogP contribution < -0.4 is 24.5 Å². The minimum atomic E-state index is -5.02. The lowest BCUT2D eigenvalue weighted by Gasteiger charge is -2.28. The highest BCUT2D eigenvalue weighted by atomic mass is 32.2. The summed E-state index contributed by atoms with van der Waals surface area (Å²) in [5.74, 6) is -1.42. The van der Waals surface area contributed by atoms with E-state index in [1.54, 1.807) is 30.3 Å². The fourth-order valence-corrected chi connectivity index (χ4v) is 11.7. The minimum Gasteiger partial charge on any atom is -0.344 e. The predicted molar refractivity (Wildman–Crippen MR) is 296 cm³/mol. The van der Waals surface area contributed by atoms with E-state index in [0.717, 1.165) is 114 Å². The van der Waals surface area contributed by atoms with E-state index in [0.29, 0.717) is 42.6 Å². The van der Waals surface area contributed by atoms with Gasteiger partial charge in [-0.15, -0.1) is 0 Å². The Balaban J connectivity index is 0.963. The van der Waals surface area contributed by atoms with Crippen LogP contribution in [0.1, 0.15) is 104 Å². The number of hydrogen-bond acceptors (Lipinski definition) is 10. The highest BCUT2D eigenvalue weighted by Crippen LogP contribution is 2.50. The molecule has 4 aliphatic heterocycles. The van der Waals surface area contributed by atoms with Crippen LogP contribution in [0.5, 0.6) is 0 Å². The molecule has 414 valence electrons. The van der Waals surface area contributed by atoms with E-state index in [1.165, 1.54) is 24.1 Å². The number of allylic oxidation sites excluding steroid dienone is 6. The van der Waals surface area contributed by atoms with E-state index in [1.807, 2.05) is 81.1 Å². The molecule has 0 saturated carbocycles. The van der Waals surface area contributed by atoms with E-state index in [2.05, 4.69) is 33.7 Å². The van der Waals surface area contributed by atoms with Gasteiger partial charge in [0.2, 0.25) is 0 Å². The number of amides is 2. The quantitative estimate of drug-likeness (QED) is 0.0291. The van der Waals surface area contributed by atoms with Crippen LogP contribution in [0.25, 0.3) is 0 Å². The number of unbranched alkanes of at least 4 members (excludes halogenated alkanes) is 4. The van der Waals surface area contributed by atoms with Gasteiger partial charge in [-0.25, -0.2) is 0 Å². The van der Waals surface area contributed by atoms with Crippen molar-refractivity contribution < 1.29 is 48.9 Å². The van der Waals surface area contributed by atoms with Gasteiger partial charge < -0.3 is 9.80 Å². The zero-order chi connectivity index (χ0) is 56.4. The molecule has 20 heteroatoms. The van der Waals surface area contributed by atoms with Crippen LogP contribution in [-0.4, -0.2) is 68.2 Å². The van der Waals surface area contributed by atoms with Crippen LogP contribution in [0, 0.1) is 5.92 Å². The number of alkyl halides is 6. The molecule has 4 aromatic rings. The average molecular weight is 1120 g/mol. The van der Waals surface area contributed by atoms with Gasteiger partial charge in [0.05, 0.1) is 27.4 Å². The van der Waals surface area contributed by atoms with E-state index >= 15 is 0 Å². The van der Waals surface area contributed by atoms with E-state index in [-0.39, 0.29) is 11.4 Å². The largest absolute Gasteiger partial charge is 0.435 e. The Kier molecular flexibility index (Phi) is 17.1. The summed E-state index contributed by atoms with van der Waals surface area (Å²) in [4.78, 5) is 32.0. The molecule has 4 aliphatic rings. The third-order valence-electron chi connectivity index (χ3n) is 14.8. The minimum absolute atomic E-state index is 0.136. The second-order valence-electron chi connectivity index (χ2n) is 20.7. The van der Waals surface area contributed by atoms with Crippen molar-refractivity contribution in [3.8, 4) is 0 Å². The van der Waals surface area contributed by atoms with Crippen LogP contribution in [0.4, 0.5) is 49.1 Å². The average Bonchev–Trinajstić information content (AvgIpc) is 4.25. The fraction of sp³-hybridized carbons (Fsp3) is 0.379. The lowest BCUT2D eigenvalue weighted by molar-refractivity contribution is -0.115. The molecule has 8 rings (SSSR count). The van der Waals surface area contributed by atoms with Crippen LogP contribution in [0.2, 0.25) is 0 Å². The normalized spacial score (nSPS) is 19.7. The first-order chi connectivity index (χ1) is 36.9. The standard InChI is InChI=1S/C58H63F6N7O5S2/c1-7-9-18-38(8-2)37-65-77-41-27-23-39(24-28-41)70-53(72)43(51(66-70)57(59,60)61)31-33-49-55(3,4)45-19-12-14-21-47(45)68(49)35-16-10-11-17-36-69-48-22-15-13-20-46(48)56(5,6)50(69)34-32-44-52(58(62,63)64)67-71(54(44)73)40-25-29-42(30-26-40)78(74,75)76/h12-15,19-34,38,65H,7-11,16-18,35-37H2,1-6H3,(H,74,75,76)/b43-31-,44-32-,49-33+,50-34+. The van der Waals surface area contributed by atoms with Crippen LogP contribution >= 0.6 is 11.9 Å². The van der Waals surface area contributed by atoms with Crippen LogP contribution in [0.15, 0.2) is 164 Å². The predicted octanol–water partition coefficient (Wildman–Crippen LogP) is 13.8. The number of anilines is 4. The number of rotatable bonds is 20. The number of hydrazone groups is 2. The molecule has 1 atom stereocenters. The number of carbonyl (C=O) groups excluding carboxylic acids is 2. The Morgan fingerprint density at radius 3 is 1.47 bits per heavy atom. The molecule has 12 nitrogen and oxygen atoms in total. The highest BCUT2D eigenvalue weighted by molar-refractivity contribution is 7.97. The summed E-state index contributed by atoms with van der Waals surface area (Å²) in [6.07, 6.45) is 2.89. The molecule has 0 radical (unpaired) electrons. The molecule has 4 aromatic carbocycles. The van der Waals surface area contributed by atoms with Crippen molar-refractivity contribution in [2.45, 2.75) is 126 Å². The molecular weight excluding hydrogens is 1050 g/mol.